The summed E-state index contributed by atoms with van der Waals surface area (Å²) in [4.78, 5) is 29.8. The summed E-state index contributed by atoms with van der Waals surface area (Å²) < 4.78 is 34.9. The van der Waals surface area contributed by atoms with Gasteiger partial charge in [-0.25, -0.2) is 8.42 Å². The molecule has 1 atom stereocenters. The van der Waals surface area contributed by atoms with Gasteiger partial charge in [-0.3, -0.25) is 13.9 Å². The quantitative estimate of drug-likeness (QED) is 0.192. The Balaban J connectivity index is 1.78. The monoisotopic (exact) mass is 627 g/mol. The predicted octanol–water partition coefficient (Wildman–Crippen LogP) is 5.75. The molecule has 9 heteroatoms. The number of para-hydroxylation sites is 1. The van der Waals surface area contributed by atoms with Crippen LogP contribution < -0.4 is 14.4 Å². The first kappa shape index (κ1) is 33.3. The van der Waals surface area contributed by atoms with Crippen LogP contribution >= 0.6 is 0 Å². The van der Waals surface area contributed by atoms with Crippen molar-refractivity contribution in [3.63, 3.8) is 0 Å². The highest BCUT2D eigenvalue weighted by Gasteiger charge is 2.35. The van der Waals surface area contributed by atoms with Gasteiger partial charge < -0.3 is 15.0 Å². The Kier molecular flexibility index (Phi) is 11.4. The Hall–Kier alpha value is -4.63. The lowest BCUT2D eigenvalue weighted by atomic mass is 10.0. The van der Waals surface area contributed by atoms with Crippen LogP contribution in [-0.2, 0) is 32.6 Å². The third-order valence-corrected chi connectivity index (χ3v) is 9.14. The molecule has 0 spiro atoms. The van der Waals surface area contributed by atoms with Crippen molar-refractivity contribution < 1.29 is 22.7 Å². The van der Waals surface area contributed by atoms with E-state index in [0.717, 1.165) is 21.0 Å². The lowest BCUT2D eigenvalue weighted by molar-refractivity contribution is -0.140. The number of ether oxygens (including phenoxy) is 1. The predicted molar refractivity (Wildman–Crippen MR) is 178 cm³/mol. The third kappa shape index (κ3) is 8.73. The van der Waals surface area contributed by atoms with Gasteiger partial charge in [0.2, 0.25) is 11.8 Å². The molecular weight excluding hydrogens is 586 g/mol. The van der Waals surface area contributed by atoms with Crippen LogP contribution in [0.4, 0.5) is 5.69 Å². The summed E-state index contributed by atoms with van der Waals surface area (Å²) in [5.41, 5.74) is 3.04. The highest BCUT2D eigenvalue weighted by molar-refractivity contribution is 7.92. The van der Waals surface area contributed by atoms with E-state index in [4.69, 9.17) is 4.74 Å². The molecule has 0 aliphatic heterocycles. The highest BCUT2D eigenvalue weighted by atomic mass is 32.2. The summed E-state index contributed by atoms with van der Waals surface area (Å²) in [6.07, 6.45) is 0.258. The number of nitrogens with zero attached hydrogens (tertiary/aromatic N) is 2. The Morgan fingerprint density at radius 1 is 0.822 bits per heavy atom. The smallest absolute Gasteiger partial charge is 0.264 e. The second-order valence-electron chi connectivity index (χ2n) is 11.1. The van der Waals surface area contributed by atoms with Crippen LogP contribution in [0.3, 0.4) is 0 Å². The number of benzene rings is 4. The average Bonchev–Trinajstić information content (AvgIpc) is 3.03. The van der Waals surface area contributed by atoms with E-state index in [1.54, 1.807) is 42.5 Å². The molecule has 0 saturated carbocycles. The molecule has 0 unspecified atom stereocenters. The summed E-state index contributed by atoms with van der Waals surface area (Å²) in [5.74, 6) is -0.268. The molecule has 4 rings (SSSR count). The number of carbonyl (C=O) groups is 2. The molecule has 1 N–H and O–H groups in total. The number of amides is 2. The van der Waals surface area contributed by atoms with E-state index in [-0.39, 0.29) is 29.8 Å². The van der Waals surface area contributed by atoms with E-state index in [9.17, 15) is 18.0 Å². The summed E-state index contributed by atoms with van der Waals surface area (Å²) in [7, 11) is -4.19. The van der Waals surface area contributed by atoms with Crippen LogP contribution in [0.5, 0.6) is 5.75 Å². The first-order chi connectivity index (χ1) is 21.6. The van der Waals surface area contributed by atoms with Crippen LogP contribution in [0, 0.1) is 6.92 Å². The van der Waals surface area contributed by atoms with Crippen molar-refractivity contribution >= 4 is 27.5 Å². The topological polar surface area (TPSA) is 96.0 Å². The van der Waals surface area contributed by atoms with Crippen molar-refractivity contribution in [3.05, 3.63) is 126 Å². The fourth-order valence-corrected chi connectivity index (χ4v) is 6.44. The maximum absolute atomic E-state index is 14.5. The zero-order chi connectivity index (χ0) is 32.4. The molecule has 0 fully saturated rings. The number of aryl methyl sites for hydroxylation is 1. The molecule has 0 bridgehead atoms. The van der Waals surface area contributed by atoms with Crippen LogP contribution in [-0.4, -0.2) is 50.4 Å². The van der Waals surface area contributed by atoms with Crippen LogP contribution in [0.2, 0.25) is 0 Å². The number of sulfonamides is 1. The van der Waals surface area contributed by atoms with E-state index < -0.39 is 28.5 Å². The van der Waals surface area contributed by atoms with Crippen molar-refractivity contribution in [2.75, 3.05) is 17.5 Å². The first-order valence-corrected chi connectivity index (χ1v) is 16.5. The fraction of sp³-hybridized carbons (Fsp3) is 0.278. The molecule has 4 aromatic rings. The molecule has 45 heavy (non-hydrogen) atoms. The fourth-order valence-electron chi connectivity index (χ4n) is 5.03. The molecule has 8 nitrogen and oxygen atoms in total. The van der Waals surface area contributed by atoms with Crippen molar-refractivity contribution in [1.82, 2.24) is 10.2 Å². The highest BCUT2D eigenvalue weighted by Crippen LogP contribution is 2.26. The Bertz CT molecular complexity index is 1660. The Morgan fingerprint density at radius 2 is 1.42 bits per heavy atom. The minimum Gasteiger partial charge on any atom is -0.494 e. The largest absolute Gasteiger partial charge is 0.494 e. The minimum absolute atomic E-state index is 0.0199. The van der Waals surface area contributed by atoms with Gasteiger partial charge in [0, 0.05) is 19.0 Å². The van der Waals surface area contributed by atoms with Crippen LogP contribution in [0.15, 0.2) is 114 Å². The first-order valence-electron chi connectivity index (χ1n) is 15.1. The van der Waals surface area contributed by atoms with Gasteiger partial charge >= 0.3 is 0 Å². The normalized spacial score (nSPS) is 11.9. The number of rotatable bonds is 14. The molecular formula is C36H41N3O5S. The lowest BCUT2D eigenvalue weighted by Gasteiger charge is -2.34. The van der Waals surface area contributed by atoms with Crippen LogP contribution in [0.25, 0.3) is 0 Å². The number of anilines is 1. The maximum Gasteiger partial charge on any atom is 0.264 e. The van der Waals surface area contributed by atoms with Gasteiger partial charge in [-0.1, -0.05) is 72.8 Å². The summed E-state index contributed by atoms with van der Waals surface area (Å²) in [5, 5.41) is 2.98. The van der Waals surface area contributed by atoms with Crippen molar-refractivity contribution in [1.29, 1.82) is 0 Å². The van der Waals surface area contributed by atoms with E-state index in [1.165, 1.54) is 17.0 Å². The van der Waals surface area contributed by atoms with E-state index in [0.29, 0.717) is 18.0 Å². The molecule has 4 aromatic carbocycles. The van der Waals surface area contributed by atoms with Gasteiger partial charge in [-0.05, 0) is 80.8 Å². The third-order valence-electron chi connectivity index (χ3n) is 7.35. The second-order valence-corrected chi connectivity index (χ2v) is 12.9. The van der Waals surface area contributed by atoms with Crippen molar-refractivity contribution in [2.24, 2.45) is 0 Å². The van der Waals surface area contributed by atoms with E-state index in [2.05, 4.69) is 5.32 Å². The number of hydrogen-bond donors (Lipinski definition) is 1. The molecule has 0 aromatic heterocycles. The number of carbonyl (C=O) groups excluding carboxylic acids is 2. The second kappa shape index (κ2) is 15.4. The Labute approximate surface area is 266 Å². The number of nitrogens with one attached hydrogen (secondary N) is 1. The van der Waals surface area contributed by atoms with Gasteiger partial charge in [0.25, 0.3) is 10.0 Å². The van der Waals surface area contributed by atoms with Gasteiger partial charge in [-0.2, -0.15) is 0 Å². The summed E-state index contributed by atoms with van der Waals surface area (Å²) in [6, 6.07) is 30.8. The molecule has 0 heterocycles. The summed E-state index contributed by atoms with van der Waals surface area (Å²) >= 11 is 0. The zero-order valence-corrected chi connectivity index (χ0v) is 27.0. The molecule has 2 amide bonds. The number of hydrogen-bond acceptors (Lipinski definition) is 5. The SMILES string of the molecule is CCOc1ccc(S(=O)(=O)N(CC(=O)N(Cc2ccccc2C)[C@H](Cc2ccccc2)C(=O)NC(C)C)c2ccccc2)cc1. The van der Waals surface area contributed by atoms with Crippen LogP contribution in [0.1, 0.15) is 37.5 Å². The van der Waals surface area contributed by atoms with Gasteiger partial charge in [-0.15, -0.1) is 0 Å². The van der Waals surface area contributed by atoms with Gasteiger partial charge in [0.1, 0.15) is 18.3 Å². The van der Waals surface area contributed by atoms with E-state index >= 15 is 0 Å². The van der Waals surface area contributed by atoms with Gasteiger partial charge in [0.05, 0.1) is 17.2 Å². The van der Waals surface area contributed by atoms with Gasteiger partial charge in [0.15, 0.2) is 0 Å². The molecule has 236 valence electrons. The summed E-state index contributed by atoms with van der Waals surface area (Å²) in [6.45, 7) is 7.60. The Morgan fingerprint density at radius 3 is 2.02 bits per heavy atom. The average molecular weight is 628 g/mol. The molecule has 0 radical (unpaired) electrons. The van der Waals surface area contributed by atoms with Crippen molar-refractivity contribution in [3.8, 4) is 5.75 Å². The minimum atomic E-state index is -4.19. The lowest BCUT2D eigenvalue weighted by Crippen LogP contribution is -2.54. The zero-order valence-electron chi connectivity index (χ0n) is 26.2. The molecule has 0 aliphatic rings. The molecule has 0 saturated heterocycles. The van der Waals surface area contributed by atoms with E-state index in [1.807, 2.05) is 82.3 Å². The standard InChI is InChI=1S/C36H41N3O5S/c1-5-44-32-20-22-33(23-21-32)45(42,43)39(31-18-10-7-11-19-31)26-35(40)38(25-30-17-13-12-14-28(30)4)34(36(41)37-27(2)3)24-29-15-8-6-9-16-29/h6-23,27,34H,5,24-26H2,1-4H3,(H,37,41)/t34-/m1/s1. The molecule has 0 aliphatic carbocycles. The van der Waals surface area contributed by atoms with Crippen molar-refractivity contribution in [2.45, 2.75) is 57.6 Å². The maximum atomic E-state index is 14.5.